The van der Waals surface area contributed by atoms with Crippen LogP contribution in [0, 0.1) is 5.41 Å². The summed E-state index contributed by atoms with van der Waals surface area (Å²) in [6.45, 7) is 2.57. The SMILES string of the molecule is CCCN=C=O.N=C=O. The summed E-state index contributed by atoms with van der Waals surface area (Å²) < 4.78 is 0. The summed E-state index contributed by atoms with van der Waals surface area (Å²) in [6, 6.07) is 0. The van der Waals surface area contributed by atoms with E-state index in [0.29, 0.717) is 6.54 Å². The summed E-state index contributed by atoms with van der Waals surface area (Å²) in [6.07, 6.45) is 3.12. The third kappa shape index (κ3) is 49.4. The molecule has 0 saturated heterocycles. The van der Waals surface area contributed by atoms with Gasteiger partial charge in [-0.2, -0.15) is 0 Å². The molecule has 0 bridgehead atoms. The van der Waals surface area contributed by atoms with Crippen molar-refractivity contribution in [1.29, 1.82) is 5.41 Å². The second-order valence-corrected chi connectivity index (χ2v) is 1.08. The zero-order valence-corrected chi connectivity index (χ0v) is 5.18. The lowest BCUT2D eigenvalue weighted by Gasteiger charge is -1.71. The number of nitrogens with zero attached hydrogens (tertiary/aromatic N) is 1. The van der Waals surface area contributed by atoms with E-state index in [-0.39, 0.29) is 0 Å². The molecule has 50 valence electrons. The van der Waals surface area contributed by atoms with Crippen LogP contribution in [0.25, 0.3) is 0 Å². The molecule has 0 atom stereocenters. The lowest BCUT2D eigenvalue weighted by molar-refractivity contribution is 0.562. The molecule has 0 amide bonds. The average molecular weight is 128 g/mol. The van der Waals surface area contributed by atoms with Crippen molar-refractivity contribution in [1.82, 2.24) is 0 Å². The first-order chi connectivity index (χ1) is 4.33. The van der Waals surface area contributed by atoms with E-state index < -0.39 is 0 Å². The van der Waals surface area contributed by atoms with Gasteiger partial charge in [-0.1, -0.05) is 6.92 Å². The van der Waals surface area contributed by atoms with Crippen molar-refractivity contribution >= 4 is 12.2 Å². The third-order valence-electron chi connectivity index (χ3n) is 0.400. The van der Waals surface area contributed by atoms with Gasteiger partial charge >= 0.3 is 0 Å². The van der Waals surface area contributed by atoms with E-state index in [0.717, 1.165) is 12.5 Å². The fraction of sp³-hybridized carbons (Fsp3) is 0.600. The smallest absolute Gasteiger partial charge is 0.222 e. The Hall–Kier alpha value is -1.24. The summed E-state index contributed by atoms with van der Waals surface area (Å²) in [5.74, 6) is 0. The molecule has 0 spiro atoms. The largest absolute Gasteiger partial charge is 0.234 e. The van der Waals surface area contributed by atoms with Crippen LogP contribution in [0.2, 0.25) is 0 Å². The van der Waals surface area contributed by atoms with Crippen LogP contribution in [0.3, 0.4) is 0 Å². The minimum absolute atomic E-state index is 0.615. The highest BCUT2D eigenvalue weighted by Crippen LogP contribution is 1.70. The standard InChI is InChI=1S/C4H7NO.CHNO/c1-2-3-5-4-6;2-1-3/h2-3H2,1H3;2H. The van der Waals surface area contributed by atoms with Crippen LogP contribution in [-0.2, 0) is 9.59 Å². The topological polar surface area (TPSA) is 70.3 Å². The highest BCUT2D eigenvalue weighted by molar-refractivity contribution is 5.32. The number of hydrogen-bond donors (Lipinski definition) is 1. The highest BCUT2D eigenvalue weighted by Gasteiger charge is 1.66. The summed E-state index contributed by atoms with van der Waals surface area (Å²) in [5, 5.41) is 5.40. The Kier molecular flexibility index (Phi) is 18.8. The van der Waals surface area contributed by atoms with E-state index in [1.807, 2.05) is 6.92 Å². The van der Waals surface area contributed by atoms with Gasteiger partial charge in [0.1, 0.15) is 0 Å². The third-order valence-corrected chi connectivity index (χ3v) is 0.400. The quantitative estimate of drug-likeness (QED) is 0.437. The molecule has 0 aromatic rings. The van der Waals surface area contributed by atoms with Crippen molar-refractivity contribution < 1.29 is 9.59 Å². The Morgan fingerprint density at radius 1 is 1.56 bits per heavy atom. The molecule has 0 radical (unpaired) electrons. The zero-order chi connectivity index (χ0) is 7.54. The molecule has 0 unspecified atom stereocenters. The van der Waals surface area contributed by atoms with Crippen molar-refractivity contribution in [3.8, 4) is 0 Å². The first-order valence-corrected chi connectivity index (χ1v) is 2.41. The Bertz CT molecular complexity index is 121. The van der Waals surface area contributed by atoms with E-state index in [1.54, 1.807) is 0 Å². The summed E-state index contributed by atoms with van der Waals surface area (Å²) in [4.78, 5) is 20.9. The van der Waals surface area contributed by atoms with Crippen LogP contribution in [0.15, 0.2) is 4.99 Å². The van der Waals surface area contributed by atoms with Crippen LogP contribution in [0.1, 0.15) is 13.3 Å². The maximum atomic E-state index is 9.27. The van der Waals surface area contributed by atoms with Gasteiger partial charge in [0, 0.05) is 0 Å². The van der Waals surface area contributed by atoms with Crippen molar-refractivity contribution in [2.75, 3.05) is 6.54 Å². The van der Waals surface area contributed by atoms with Gasteiger partial charge in [-0.25, -0.2) is 20.0 Å². The maximum Gasteiger partial charge on any atom is 0.234 e. The minimum Gasteiger partial charge on any atom is -0.222 e. The van der Waals surface area contributed by atoms with Crippen molar-refractivity contribution in [3.63, 3.8) is 0 Å². The molecule has 0 aromatic carbocycles. The average Bonchev–Trinajstić information content (AvgIpc) is 1.86. The molecule has 0 aliphatic heterocycles. The predicted octanol–water partition coefficient (Wildman–Crippen LogP) is 0.633. The summed E-state index contributed by atoms with van der Waals surface area (Å²) >= 11 is 0. The van der Waals surface area contributed by atoms with Crippen molar-refractivity contribution in [3.05, 3.63) is 0 Å². The zero-order valence-electron chi connectivity index (χ0n) is 5.18. The van der Waals surface area contributed by atoms with Gasteiger partial charge in [-0.15, -0.1) is 0 Å². The summed E-state index contributed by atoms with van der Waals surface area (Å²) in [5.41, 5.74) is 0. The Labute approximate surface area is 53.1 Å². The van der Waals surface area contributed by atoms with Gasteiger partial charge in [0.2, 0.25) is 12.2 Å². The van der Waals surface area contributed by atoms with Crippen molar-refractivity contribution in [2.45, 2.75) is 13.3 Å². The molecule has 0 aromatic heterocycles. The number of aliphatic imine (C=N–C) groups is 1. The van der Waals surface area contributed by atoms with Crippen LogP contribution in [-0.4, -0.2) is 18.7 Å². The number of hydrogen-bond acceptors (Lipinski definition) is 4. The molecule has 0 rings (SSSR count). The lowest BCUT2D eigenvalue weighted by atomic mass is 10.5. The van der Waals surface area contributed by atoms with E-state index in [4.69, 9.17) is 10.2 Å². The van der Waals surface area contributed by atoms with Gasteiger partial charge in [-0.05, 0) is 6.42 Å². The number of carbonyl (C=O) groups excluding carboxylic acids is 2. The predicted molar refractivity (Wildman–Crippen MR) is 31.7 cm³/mol. The molecule has 1 N–H and O–H groups in total. The number of rotatable bonds is 2. The molecular weight excluding hydrogens is 120 g/mol. The van der Waals surface area contributed by atoms with Crippen LogP contribution in [0.5, 0.6) is 0 Å². The Morgan fingerprint density at radius 2 is 2.00 bits per heavy atom. The fourth-order valence-corrected chi connectivity index (χ4v) is 0.157. The molecule has 4 heteroatoms. The minimum atomic E-state index is 0.615. The highest BCUT2D eigenvalue weighted by atomic mass is 16.1. The van der Waals surface area contributed by atoms with Crippen molar-refractivity contribution in [2.24, 2.45) is 4.99 Å². The Morgan fingerprint density at radius 3 is 2.11 bits per heavy atom. The van der Waals surface area contributed by atoms with Gasteiger partial charge in [0.25, 0.3) is 0 Å². The van der Waals surface area contributed by atoms with Gasteiger partial charge in [-0.3, -0.25) is 0 Å². The molecule has 0 aliphatic carbocycles. The normalized spacial score (nSPS) is 5.44. The Balaban J connectivity index is 0. The van der Waals surface area contributed by atoms with E-state index in [9.17, 15) is 4.79 Å². The first kappa shape index (κ1) is 10.7. The molecule has 9 heavy (non-hydrogen) atoms. The molecular formula is C5H8N2O2. The second kappa shape index (κ2) is 15.9. The molecule has 4 nitrogen and oxygen atoms in total. The monoisotopic (exact) mass is 128 g/mol. The van der Waals surface area contributed by atoms with E-state index in [1.165, 1.54) is 6.08 Å². The number of nitrogens with one attached hydrogen (secondary N) is 1. The maximum absolute atomic E-state index is 9.27. The van der Waals surface area contributed by atoms with Gasteiger partial charge in [0.15, 0.2) is 0 Å². The van der Waals surface area contributed by atoms with E-state index in [2.05, 4.69) is 4.99 Å². The lowest BCUT2D eigenvalue weighted by Crippen LogP contribution is -1.69. The van der Waals surface area contributed by atoms with Gasteiger partial charge in [0.05, 0.1) is 6.54 Å². The van der Waals surface area contributed by atoms with Gasteiger partial charge < -0.3 is 0 Å². The molecule has 0 aliphatic rings. The molecule has 0 fully saturated rings. The molecule has 0 saturated carbocycles. The van der Waals surface area contributed by atoms with Crippen LogP contribution < -0.4 is 0 Å². The van der Waals surface area contributed by atoms with Crippen LogP contribution >= 0.6 is 0 Å². The number of isocyanates is 2. The van der Waals surface area contributed by atoms with E-state index >= 15 is 0 Å². The second-order valence-electron chi connectivity index (χ2n) is 1.08. The fourth-order valence-electron chi connectivity index (χ4n) is 0.157. The molecule has 0 heterocycles. The summed E-state index contributed by atoms with van der Waals surface area (Å²) in [7, 11) is 0. The first-order valence-electron chi connectivity index (χ1n) is 2.41. The van der Waals surface area contributed by atoms with Crippen LogP contribution in [0.4, 0.5) is 0 Å².